The summed E-state index contributed by atoms with van der Waals surface area (Å²) in [5, 5.41) is 4.35. The van der Waals surface area contributed by atoms with E-state index in [1.807, 2.05) is 0 Å². The Morgan fingerprint density at radius 1 is 1.46 bits per heavy atom. The molecule has 2 nitrogen and oxygen atoms in total. The second-order valence-electron chi connectivity index (χ2n) is 3.79. The molecule has 2 fully saturated rings. The molecule has 2 atom stereocenters. The van der Waals surface area contributed by atoms with Crippen molar-refractivity contribution in [1.82, 2.24) is 0 Å². The number of thioether (sulfide) groups is 1. The Hall–Kier alpha value is 1.23. The monoisotopic (exact) mass is 330 g/mol. The van der Waals surface area contributed by atoms with Crippen LogP contribution < -0.4 is 10.2 Å². The predicted octanol–water partition coefficient (Wildman–Crippen LogP) is -0.255. The van der Waals surface area contributed by atoms with Crippen LogP contribution in [0.15, 0.2) is 0 Å². The van der Waals surface area contributed by atoms with Gasteiger partial charge in [-0.05, 0) is 11.8 Å². The molecule has 0 aromatic rings. The van der Waals surface area contributed by atoms with Crippen molar-refractivity contribution < 1.29 is 10.2 Å². The van der Waals surface area contributed by atoms with Crippen molar-refractivity contribution in [3.63, 3.8) is 0 Å². The lowest BCUT2D eigenvalue weighted by atomic mass is 10.4. The highest BCUT2D eigenvalue weighted by Crippen LogP contribution is 2.29. The topological polar surface area (TPSA) is 21.1 Å². The van der Waals surface area contributed by atoms with Crippen LogP contribution in [0.5, 0.6) is 0 Å². The van der Waals surface area contributed by atoms with Crippen LogP contribution in [-0.2, 0) is 0 Å². The number of alkyl halides is 2. The molecule has 0 spiro atoms. The maximum atomic E-state index is 3.90. The highest BCUT2D eigenvalue weighted by atomic mass is 79.9. The van der Waals surface area contributed by atoms with E-state index in [-0.39, 0.29) is 3.90 Å². The molecule has 3 N–H and O–H groups in total. The summed E-state index contributed by atoms with van der Waals surface area (Å²) in [7, 11) is 0. The van der Waals surface area contributed by atoms with Crippen LogP contribution in [0, 0.1) is 0 Å². The van der Waals surface area contributed by atoms with Crippen molar-refractivity contribution in [2.75, 3.05) is 25.0 Å². The van der Waals surface area contributed by atoms with Crippen LogP contribution in [0.2, 0.25) is 0 Å². The van der Waals surface area contributed by atoms with Gasteiger partial charge in [0.1, 0.15) is 0 Å². The van der Waals surface area contributed by atoms with Gasteiger partial charge in [0.15, 0.2) is 0 Å². The summed E-state index contributed by atoms with van der Waals surface area (Å²) in [6, 6.07) is 0. The van der Waals surface area contributed by atoms with Crippen LogP contribution >= 0.6 is 43.6 Å². The van der Waals surface area contributed by atoms with Gasteiger partial charge in [-0.25, -0.2) is 0 Å². The third-order valence-electron chi connectivity index (χ3n) is 2.84. The quantitative estimate of drug-likeness (QED) is 0.528. The van der Waals surface area contributed by atoms with Gasteiger partial charge in [0.2, 0.25) is 0 Å². The Bertz CT molecular complexity index is 187. The molecule has 0 bridgehead atoms. The normalized spacial score (nSPS) is 41.5. The van der Waals surface area contributed by atoms with Crippen LogP contribution in [0.4, 0.5) is 0 Å². The van der Waals surface area contributed by atoms with E-state index in [2.05, 4.69) is 48.9 Å². The molecule has 0 unspecified atom stereocenters. The van der Waals surface area contributed by atoms with E-state index in [4.69, 9.17) is 0 Å². The Morgan fingerprint density at radius 2 is 2.15 bits per heavy atom. The van der Waals surface area contributed by atoms with Crippen molar-refractivity contribution in [1.29, 1.82) is 0 Å². The SMILES string of the molecule is BrC[C@@H]1C[NH2+][C@@](Br)([NH+]2CCCC2)S1. The average molecular weight is 332 g/mol. The minimum Gasteiger partial charge on any atom is -0.275 e. The Labute approximate surface area is 100 Å². The summed E-state index contributed by atoms with van der Waals surface area (Å²) in [5.74, 6) is 0. The Kier molecular flexibility index (Phi) is 3.63. The minimum atomic E-state index is 0.238. The first-order valence-electron chi connectivity index (χ1n) is 4.87. The lowest BCUT2D eigenvalue weighted by Gasteiger charge is -2.24. The number of nitrogens with one attached hydrogen (secondary N) is 1. The number of likely N-dealkylation sites (tertiary alicyclic amines) is 1. The van der Waals surface area contributed by atoms with E-state index in [1.54, 1.807) is 4.90 Å². The van der Waals surface area contributed by atoms with Crippen LogP contribution in [0.1, 0.15) is 12.8 Å². The van der Waals surface area contributed by atoms with Crippen LogP contribution in [0.25, 0.3) is 0 Å². The molecule has 0 aromatic heterocycles. The number of nitrogens with two attached hydrogens (primary N) is 1. The van der Waals surface area contributed by atoms with Gasteiger partial charge in [0.05, 0.1) is 40.8 Å². The zero-order chi connectivity index (χ0) is 9.31. The molecule has 2 aliphatic heterocycles. The molecule has 2 aliphatic rings. The summed E-state index contributed by atoms with van der Waals surface area (Å²) in [4.78, 5) is 1.72. The molecule has 5 heteroatoms. The maximum absolute atomic E-state index is 3.90. The lowest BCUT2D eigenvalue weighted by molar-refractivity contribution is -1.02. The second kappa shape index (κ2) is 4.39. The number of hydrogen-bond acceptors (Lipinski definition) is 1. The zero-order valence-corrected chi connectivity index (χ0v) is 11.6. The number of rotatable bonds is 2. The summed E-state index contributed by atoms with van der Waals surface area (Å²) in [6.07, 6.45) is 2.80. The van der Waals surface area contributed by atoms with Gasteiger partial charge in [-0.2, -0.15) is 0 Å². The average Bonchev–Trinajstić information content (AvgIpc) is 2.72. The first-order chi connectivity index (χ1) is 6.24. The molecule has 2 heterocycles. The van der Waals surface area contributed by atoms with E-state index in [0.29, 0.717) is 0 Å². The van der Waals surface area contributed by atoms with Crippen molar-refractivity contribution in [3.8, 4) is 0 Å². The molecule has 0 radical (unpaired) electrons. The summed E-state index contributed by atoms with van der Waals surface area (Å²) >= 11 is 9.56. The van der Waals surface area contributed by atoms with E-state index in [0.717, 1.165) is 10.6 Å². The predicted molar refractivity (Wildman–Crippen MR) is 63.6 cm³/mol. The zero-order valence-electron chi connectivity index (χ0n) is 7.56. The first kappa shape index (κ1) is 10.7. The number of halogens is 2. The number of quaternary nitrogens is 2. The van der Waals surface area contributed by atoms with Gasteiger partial charge < -0.3 is 0 Å². The Morgan fingerprint density at radius 3 is 2.69 bits per heavy atom. The fourth-order valence-electron chi connectivity index (χ4n) is 2.09. The molecule has 76 valence electrons. The van der Waals surface area contributed by atoms with Gasteiger partial charge in [-0.3, -0.25) is 10.2 Å². The summed E-state index contributed by atoms with van der Waals surface area (Å²) in [6.45, 7) is 3.91. The molecule has 0 saturated carbocycles. The molecule has 2 saturated heterocycles. The number of hydrogen-bond donors (Lipinski definition) is 2. The highest BCUT2D eigenvalue weighted by Gasteiger charge is 2.50. The standard InChI is InChI=1S/C8H14Br2N2S/c9-5-7-6-11-8(10,13-7)12-3-1-2-4-12/h7,11H,1-6H2/p+2/t7-,8+/m1/s1. The van der Waals surface area contributed by atoms with E-state index >= 15 is 0 Å². The fourth-order valence-corrected chi connectivity index (χ4v) is 5.43. The van der Waals surface area contributed by atoms with Crippen molar-refractivity contribution in [3.05, 3.63) is 0 Å². The molecule has 2 rings (SSSR count). The first-order valence-corrected chi connectivity index (χ1v) is 7.66. The van der Waals surface area contributed by atoms with Gasteiger partial charge >= 0.3 is 3.90 Å². The van der Waals surface area contributed by atoms with E-state index in [1.165, 1.54) is 32.5 Å². The third-order valence-corrected chi connectivity index (χ3v) is 6.99. The van der Waals surface area contributed by atoms with E-state index in [9.17, 15) is 0 Å². The van der Waals surface area contributed by atoms with Crippen LogP contribution in [-0.4, -0.2) is 34.1 Å². The van der Waals surface area contributed by atoms with Gasteiger partial charge in [-0.1, -0.05) is 15.9 Å². The minimum absolute atomic E-state index is 0.238. The molecule has 0 aromatic carbocycles. The fraction of sp³-hybridized carbons (Fsp3) is 1.00. The van der Waals surface area contributed by atoms with Crippen LogP contribution in [0.3, 0.4) is 0 Å². The second-order valence-corrected chi connectivity index (χ2v) is 7.76. The summed E-state index contributed by atoms with van der Waals surface area (Å²) in [5.41, 5.74) is 0. The molecular formula is C8H16Br2N2S+2. The van der Waals surface area contributed by atoms with Crippen molar-refractivity contribution in [2.24, 2.45) is 0 Å². The molecule has 0 amide bonds. The molecule has 13 heavy (non-hydrogen) atoms. The molecular weight excluding hydrogens is 316 g/mol. The largest absolute Gasteiger partial charge is 0.325 e. The lowest BCUT2D eigenvalue weighted by Crippen LogP contribution is -3.28. The Balaban J connectivity index is 1.96. The molecule has 0 aliphatic carbocycles. The third kappa shape index (κ3) is 2.25. The maximum Gasteiger partial charge on any atom is 0.325 e. The van der Waals surface area contributed by atoms with Gasteiger partial charge in [0.25, 0.3) is 0 Å². The van der Waals surface area contributed by atoms with Gasteiger partial charge in [0, 0.05) is 18.2 Å². The van der Waals surface area contributed by atoms with Crippen molar-refractivity contribution in [2.45, 2.75) is 22.0 Å². The summed E-state index contributed by atoms with van der Waals surface area (Å²) < 4.78 is 0.238. The van der Waals surface area contributed by atoms with E-state index < -0.39 is 0 Å². The highest BCUT2D eigenvalue weighted by molar-refractivity contribution is 9.11. The smallest absolute Gasteiger partial charge is 0.275 e. The van der Waals surface area contributed by atoms with Crippen molar-refractivity contribution >= 4 is 43.6 Å². The van der Waals surface area contributed by atoms with Gasteiger partial charge in [-0.15, -0.1) is 0 Å².